The third-order valence-corrected chi connectivity index (χ3v) is 5.86. The number of benzene rings is 2. The second kappa shape index (κ2) is 9.05. The van der Waals surface area contributed by atoms with Crippen molar-refractivity contribution in [3.8, 4) is 0 Å². The highest BCUT2D eigenvalue weighted by Gasteiger charge is 2.31. The molecule has 0 unspecified atom stereocenters. The van der Waals surface area contributed by atoms with Crippen molar-refractivity contribution in [3.05, 3.63) is 65.2 Å². The monoisotopic (exact) mass is 378 g/mol. The molecule has 0 aliphatic heterocycles. The average Bonchev–Trinajstić information content (AvgIpc) is 2.71. The van der Waals surface area contributed by atoms with Crippen molar-refractivity contribution in [2.24, 2.45) is 11.8 Å². The van der Waals surface area contributed by atoms with Crippen LogP contribution in [-0.4, -0.2) is 23.8 Å². The van der Waals surface area contributed by atoms with Gasteiger partial charge in [0.2, 0.25) is 11.8 Å². The van der Waals surface area contributed by atoms with Gasteiger partial charge in [-0.1, -0.05) is 36.4 Å². The molecule has 1 saturated carbocycles. The molecule has 0 aromatic heterocycles. The van der Waals surface area contributed by atoms with E-state index < -0.39 is 0 Å². The summed E-state index contributed by atoms with van der Waals surface area (Å²) in [6, 6.07) is 16.0. The zero-order chi connectivity index (χ0) is 20.1. The van der Waals surface area contributed by atoms with Gasteiger partial charge in [-0.2, -0.15) is 0 Å². The highest BCUT2D eigenvalue weighted by molar-refractivity contribution is 5.93. The van der Waals surface area contributed by atoms with E-state index in [0.717, 1.165) is 36.9 Å². The molecule has 3 rings (SSSR count). The van der Waals surface area contributed by atoms with Crippen molar-refractivity contribution in [1.29, 1.82) is 0 Å². The maximum absolute atomic E-state index is 12.8. The van der Waals surface area contributed by atoms with Crippen LogP contribution in [0.5, 0.6) is 0 Å². The Balaban J connectivity index is 1.49. The van der Waals surface area contributed by atoms with Crippen LogP contribution in [0.25, 0.3) is 0 Å². The van der Waals surface area contributed by atoms with Crippen molar-refractivity contribution in [2.75, 3.05) is 12.4 Å². The standard InChI is InChI=1S/C24H30N2O2/c1-17-9-14-22(15-18(17)2)25-23(27)20-10-12-21(13-11-20)24(28)26(3)16-19-7-5-4-6-8-19/h4-9,14-15,20-21H,10-13,16H2,1-3H3,(H,25,27). The van der Waals surface area contributed by atoms with E-state index in [4.69, 9.17) is 0 Å². The van der Waals surface area contributed by atoms with Gasteiger partial charge in [0.15, 0.2) is 0 Å². The molecule has 2 aromatic carbocycles. The van der Waals surface area contributed by atoms with E-state index in [-0.39, 0.29) is 23.7 Å². The fourth-order valence-corrected chi connectivity index (χ4v) is 3.91. The fraction of sp³-hybridized carbons (Fsp3) is 0.417. The number of nitrogens with zero attached hydrogens (tertiary/aromatic N) is 1. The molecular weight excluding hydrogens is 348 g/mol. The fourth-order valence-electron chi connectivity index (χ4n) is 3.91. The lowest BCUT2D eigenvalue weighted by Crippen LogP contribution is -2.36. The van der Waals surface area contributed by atoms with E-state index in [2.05, 4.69) is 12.2 Å². The first kappa shape index (κ1) is 20.1. The SMILES string of the molecule is Cc1ccc(NC(=O)C2CCC(C(=O)N(C)Cc3ccccc3)CC2)cc1C. The van der Waals surface area contributed by atoms with Gasteiger partial charge in [-0.05, 0) is 68.4 Å². The van der Waals surface area contributed by atoms with Gasteiger partial charge in [-0.15, -0.1) is 0 Å². The zero-order valence-corrected chi connectivity index (χ0v) is 17.1. The van der Waals surface area contributed by atoms with E-state index in [0.29, 0.717) is 6.54 Å². The molecule has 1 fully saturated rings. The lowest BCUT2D eigenvalue weighted by molar-refractivity contribution is -0.137. The van der Waals surface area contributed by atoms with Crippen molar-refractivity contribution in [2.45, 2.75) is 46.1 Å². The first-order chi connectivity index (χ1) is 13.4. The van der Waals surface area contributed by atoms with Crippen LogP contribution in [0.2, 0.25) is 0 Å². The van der Waals surface area contributed by atoms with Crippen LogP contribution in [0.15, 0.2) is 48.5 Å². The second-order valence-electron chi connectivity index (χ2n) is 8.02. The summed E-state index contributed by atoms with van der Waals surface area (Å²) in [5, 5.41) is 3.04. The molecule has 0 saturated heterocycles. The Morgan fingerprint density at radius 3 is 2.21 bits per heavy atom. The molecule has 0 radical (unpaired) electrons. The predicted molar refractivity (Wildman–Crippen MR) is 113 cm³/mol. The van der Waals surface area contributed by atoms with Crippen molar-refractivity contribution in [3.63, 3.8) is 0 Å². The molecule has 2 aromatic rings. The summed E-state index contributed by atoms with van der Waals surface area (Å²) < 4.78 is 0. The summed E-state index contributed by atoms with van der Waals surface area (Å²) >= 11 is 0. The Morgan fingerprint density at radius 1 is 0.929 bits per heavy atom. The normalized spacial score (nSPS) is 19.1. The Labute approximate surface area is 167 Å². The van der Waals surface area contributed by atoms with Crippen molar-refractivity contribution < 1.29 is 9.59 Å². The van der Waals surface area contributed by atoms with E-state index in [1.54, 1.807) is 0 Å². The average molecular weight is 379 g/mol. The van der Waals surface area contributed by atoms with Crippen LogP contribution in [0.4, 0.5) is 5.69 Å². The molecule has 1 aliphatic rings. The maximum atomic E-state index is 12.8. The molecule has 2 amide bonds. The minimum atomic E-state index is -0.00918. The maximum Gasteiger partial charge on any atom is 0.227 e. The van der Waals surface area contributed by atoms with Gasteiger partial charge in [0.25, 0.3) is 0 Å². The first-order valence-electron chi connectivity index (χ1n) is 10.1. The summed E-state index contributed by atoms with van der Waals surface area (Å²) in [5.74, 6) is 0.285. The molecule has 4 nitrogen and oxygen atoms in total. The molecule has 1 N–H and O–H groups in total. The van der Waals surface area contributed by atoms with Crippen molar-refractivity contribution >= 4 is 17.5 Å². The Bertz CT molecular complexity index is 824. The molecule has 0 spiro atoms. The quantitative estimate of drug-likeness (QED) is 0.819. The van der Waals surface area contributed by atoms with Gasteiger partial charge < -0.3 is 10.2 Å². The second-order valence-corrected chi connectivity index (χ2v) is 8.02. The van der Waals surface area contributed by atoms with Crippen LogP contribution in [0, 0.1) is 25.7 Å². The molecule has 1 aliphatic carbocycles. The summed E-state index contributed by atoms with van der Waals surface area (Å²) in [6.45, 7) is 4.74. The number of anilines is 1. The highest BCUT2D eigenvalue weighted by atomic mass is 16.2. The number of amides is 2. The van der Waals surface area contributed by atoms with Crippen LogP contribution < -0.4 is 5.32 Å². The van der Waals surface area contributed by atoms with Gasteiger partial charge in [0.05, 0.1) is 0 Å². The summed E-state index contributed by atoms with van der Waals surface area (Å²) in [4.78, 5) is 27.2. The minimum absolute atomic E-state index is 0.00918. The van der Waals surface area contributed by atoms with Gasteiger partial charge in [0, 0.05) is 31.1 Å². The molecule has 4 heteroatoms. The molecule has 148 valence electrons. The van der Waals surface area contributed by atoms with E-state index in [9.17, 15) is 9.59 Å². The van der Waals surface area contributed by atoms with Crippen LogP contribution in [-0.2, 0) is 16.1 Å². The van der Waals surface area contributed by atoms with Gasteiger partial charge in [-0.25, -0.2) is 0 Å². The minimum Gasteiger partial charge on any atom is -0.341 e. The Morgan fingerprint density at radius 2 is 1.57 bits per heavy atom. The number of hydrogen-bond acceptors (Lipinski definition) is 2. The summed E-state index contributed by atoms with van der Waals surface area (Å²) in [5.41, 5.74) is 4.39. The van der Waals surface area contributed by atoms with Gasteiger partial charge in [0.1, 0.15) is 0 Å². The largest absolute Gasteiger partial charge is 0.341 e. The molecule has 28 heavy (non-hydrogen) atoms. The number of rotatable bonds is 5. The molecular formula is C24H30N2O2. The number of aryl methyl sites for hydroxylation is 2. The van der Waals surface area contributed by atoms with E-state index in [1.165, 1.54) is 11.1 Å². The van der Waals surface area contributed by atoms with E-state index in [1.807, 2.05) is 67.4 Å². The van der Waals surface area contributed by atoms with E-state index >= 15 is 0 Å². The molecule has 0 atom stereocenters. The zero-order valence-electron chi connectivity index (χ0n) is 17.1. The smallest absolute Gasteiger partial charge is 0.227 e. The Hall–Kier alpha value is -2.62. The predicted octanol–water partition coefficient (Wildman–Crippen LogP) is 4.71. The van der Waals surface area contributed by atoms with Crippen LogP contribution in [0.3, 0.4) is 0 Å². The summed E-state index contributed by atoms with van der Waals surface area (Å²) in [6.07, 6.45) is 3.10. The van der Waals surface area contributed by atoms with Crippen molar-refractivity contribution in [1.82, 2.24) is 4.90 Å². The lowest BCUT2D eigenvalue weighted by Gasteiger charge is -2.30. The van der Waals surface area contributed by atoms with Crippen LogP contribution in [0.1, 0.15) is 42.4 Å². The number of carbonyl (C=O) groups is 2. The molecule has 0 bridgehead atoms. The number of nitrogens with one attached hydrogen (secondary N) is 1. The topological polar surface area (TPSA) is 49.4 Å². The summed E-state index contributed by atoms with van der Waals surface area (Å²) in [7, 11) is 1.87. The number of carbonyl (C=O) groups excluding carboxylic acids is 2. The number of hydrogen-bond donors (Lipinski definition) is 1. The highest BCUT2D eigenvalue weighted by Crippen LogP contribution is 2.31. The first-order valence-corrected chi connectivity index (χ1v) is 10.1. The van der Waals surface area contributed by atoms with Crippen LogP contribution >= 0.6 is 0 Å². The third-order valence-electron chi connectivity index (χ3n) is 5.86. The molecule has 0 heterocycles. The van der Waals surface area contributed by atoms with Gasteiger partial charge >= 0.3 is 0 Å². The Kier molecular flexibility index (Phi) is 6.50. The lowest BCUT2D eigenvalue weighted by atomic mass is 9.81. The van der Waals surface area contributed by atoms with Gasteiger partial charge in [-0.3, -0.25) is 9.59 Å². The third kappa shape index (κ3) is 5.00.